The molecular formula is C55H97NO13. The number of allylic oxidation sites excluding steroid dienone is 9. The molecule has 0 aromatic rings. The molecule has 0 radical (unpaired) electrons. The number of nitrogens with one attached hydrogen (secondary N) is 1. The van der Waals surface area contributed by atoms with E-state index in [1.54, 1.807) is 6.08 Å². The van der Waals surface area contributed by atoms with E-state index >= 15 is 0 Å². The standard InChI is InChI=1S/C55H97NO13/c1-3-5-7-9-11-13-15-17-19-20-21-22-23-24-25-27-29-31-33-35-37-39-47(60)56-43(44(59)38-36-34-32-30-28-26-18-16-14-12-10-8-6-4-2)42-66-54-52(65)50(63)53(46(41-58)68-54)69-55-51(64)49(62)48(61)45(40-57)67-55/h15,17,20-21,23-24,28,30,36,38,43-46,48-55,57-59,61-65H,3-14,16,18-19,22,25-27,29,31-35,37,39-42H2,1-2H3,(H,56,60)/b17-15-,21-20-,24-23-,30-28+,38-36+. The molecule has 2 fully saturated rings. The average molecular weight is 980 g/mol. The largest absolute Gasteiger partial charge is 0.394 e. The summed E-state index contributed by atoms with van der Waals surface area (Å²) in [4.78, 5) is 13.2. The lowest BCUT2D eigenvalue weighted by Gasteiger charge is -2.46. The van der Waals surface area contributed by atoms with Crippen LogP contribution in [0.25, 0.3) is 0 Å². The van der Waals surface area contributed by atoms with E-state index in [0.717, 1.165) is 64.2 Å². The van der Waals surface area contributed by atoms with Crippen LogP contribution in [-0.4, -0.2) is 140 Å². The van der Waals surface area contributed by atoms with Crippen LogP contribution in [0.4, 0.5) is 0 Å². The molecule has 0 bridgehead atoms. The Morgan fingerprint density at radius 2 is 0.971 bits per heavy atom. The van der Waals surface area contributed by atoms with E-state index < -0.39 is 86.8 Å². The highest BCUT2D eigenvalue weighted by atomic mass is 16.7. The Morgan fingerprint density at radius 3 is 1.52 bits per heavy atom. The van der Waals surface area contributed by atoms with Gasteiger partial charge in [-0.3, -0.25) is 4.79 Å². The number of carbonyl (C=O) groups excluding carboxylic acids is 1. The van der Waals surface area contributed by atoms with E-state index in [1.807, 2.05) is 6.08 Å². The van der Waals surface area contributed by atoms with Crippen LogP contribution in [-0.2, 0) is 23.7 Å². The summed E-state index contributed by atoms with van der Waals surface area (Å²) in [7, 11) is 0. The highest BCUT2D eigenvalue weighted by Crippen LogP contribution is 2.30. The maximum atomic E-state index is 13.2. The van der Waals surface area contributed by atoms with Crippen molar-refractivity contribution in [3.05, 3.63) is 60.8 Å². The van der Waals surface area contributed by atoms with E-state index in [2.05, 4.69) is 67.8 Å². The number of rotatable bonds is 41. The minimum Gasteiger partial charge on any atom is -0.394 e. The summed E-state index contributed by atoms with van der Waals surface area (Å²) in [5, 5.41) is 86.8. The lowest BCUT2D eigenvalue weighted by molar-refractivity contribution is -0.359. The third kappa shape index (κ3) is 27.9. The van der Waals surface area contributed by atoms with Gasteiger partial charge in [-0.05, 0) is 70.6 Å². The molecule has 2 saturated heterocycles. The van der Waals surface area contributed by atoms with Gasteiger partial charge < -0.3 is 65.1 Å². The van der Waals surface area contributed by atoms with E-state index in [9.17, 15) is 45.6 Å². The summed E-state index contributed by atoms with van der Waals surface area (Å²) in [6.07, 6.45) is 34.0. The Kier molecular flexibility index (Phi) is 37.5. The molecule has 9 N–H and O–H groups in total. The Bertz CT molecular complexity index is 1390. The number of ether oxygens (including phenoxy) is 4. The maximum Gasteiger partial charge on any atom is 0.220 e. The number of aliphatic hydroxyl groups is 8. The summed E-state index contributed by atoms with van der Waals surface area (Å²) in [5.41, 5.74) is 0. The van der Waals surface area contributed by atoms with Crippen molar-refractivity contribution in [2.24, 2.45) is 0 Å². The molecule has 14 heteroatoms. The van der Waals surface area contributed by atoms with Crippen LogP contribution in [0.2, 0.25) is 0 Å². The maximum absolute atomic E-state index is 13.2. The van der Waals surface area contributed by atoms with Crippen molar-refractivity contribution >= 4 is 5.91 Å². The molecule has 0 aromatic carbocycles. The molecule has 69 heavy (non-hydrogen) atoms. The predicted molar refractivity (Wildman–Crippen MR) is 272 cm³/mol. The molecule has 14 nitrogen and oxygen atoms in total. The molecule has 0 aliphatic carbocycles. The van der Waals surface area contributed by atoms with Crippen LogP contribution < -0.4 is 5.32 Å². The topological polar surface area (TPSA) is 228 Å². The second-order valence-corrected chi connectivity index (χ2v) is 19.0. The first kappa shape index (κ1) is 62.8. The fraction of sp³-hybridized carbons (Fsp3) is 0.800. The first-order valence-electron chi connectivity index (χ1n) is 27.0. The number of hydrogen-bond acceptors (Lipinski definition) is 13. The molecule has 2 aliphatic rings. The number of aliphatic hydroxyl groups excluding tert-OH is 8. The van der Waals surface area contributed by atoms with Gasteiger partial charge in [0.2, 0.25) is 5.91 Å². The van der Waals surface area contributed by atoms with Gasteiger partial charge in [-0.15, -0.1) is 0 Å². The fourth-order valence-corrected chi connectivity index (χ4v) is 8.49. The first-order chi connectivity index (χ1) is 33.6. The van der Waals surface area contributed by atoms with Crippen LogP contribution in [0.15, 0.2) is 60.8 Å². The van der Waals surface area contributed by atoms with E-state index in [4.69, 9.17) is 18.9 Å². The first-order valence-corrected chi connectivity index (χ1v) is 27.0. The number of amides is 1. The molecular weight excluding hydrogens is 883 g/mol. The van der Waals surface area contributed by atoms with E-state index in [0.29, 0.717) is 12.8 Å². The smallest absolute Gasteiger partial charge is 0.220 e. The van der Waals surface area contributed by atoms with E-state index in [-0.39, 0.29) is 18.9 Å². The van der Waals surface area contributed by atoms with Gasteiger partial charge in [-0.25, -0.2) is 0 Å². The molecule has 2 aliphatic heterocycles. The van der Waals surface area contributed by atoms with Gasteiger partial charge in [-0.1, -0.05) is 171 Å². The van der Waals surface area contributed by atoms with Crippen molar-refractivity contribution in [3.63, 3.8) is 0 Å². The van der Waals surface area contributed by atoms with Gasteiger partial charge >= 0.3 is 0 Å². The summed E-state index contributed by atoms with van der Waals surface area (Å²) >= 11 is 0. The van der Waals surface area contributed by atoms with Gasteiger partial charge in [0.15, 0.2) is 12.6 Å². The second-order valence-electron chi connectivity index (χ2n) is 19.0. The minimum atomic E-state index is -1.79. The predicted octanol–water partition coefficient (Wildman–Crippen LogP) is 7.83. The van der Waals surface area contributed by atoms with Crippen molar-refractivity contribution in [1.82, 2.24) is 5.32 Å². The molecule has 400 valence electrons. The zero-order chi connectivity index (χ0) is 50.3. The second kappa shape index (κ2) is 41.2. The molecule has 0 saturated carbocycles. The number of unbranched alkanes of at least 4 members (excludes halogenated alkanes) is 20. The van der Waals surface area contributed by atoms with Crippen LogP contribution in [0.3, 0.4) is 0 Å². The van der Waals surface area contributed by atoms with Crippen molar-refractivity contribution < 1.29 is 64.6 Å². The van der Waals surface area contributed by atoms with Crippen molar-refractivity contribution in [3.8, 4) is 0 Å². The molecule has 12 atom stereocenters. The molecule has 2 rings (SSSR count). The van der Waals surface area contributed by atoms with Gasteiger partial charge in [0.1, 0.15) is 48.8 Å². The van der Waals surface area contributed by atoms with Crippen molar-refractivity contribution in [2.75, 3.05) is 19.8 Å². The molecule has 0 spiro atoms. The highest BCUT2D eigenvalue weighted by Gasteiger charge is 2.51. The van der Waals surface area contributed by atoms with Crippen LogP contribution in [0.1, 0.15) is 187 Å². The SMILES string of the molecule is CCCCCCC/C=C\C/C=C\C/C=C\CCCCCCCCC(=O)NC(COC1OC(CO)C(OC2OC(CO)C(O)C(O)C2O)C(O)C1O)C(O)/C=C/CC/C=C/CCCCCCCCCC. The minimum absolute atomic E-state index is 0.256. The summed E-state index contributed by atoms with van der Waals surface area (Å²) < 4.78 is 22.7. The molecule has 1 amide bonds. The lowest BCUT2D eigenvalue weighted by Crippen LogP contribution is -2.65. The van der Waals surface area contributed by atoms with Gasteiger partial charge in [0.25, 0.3) is 0 Å². The van der Waals surface area contributed by atoms with Crippen molar-refractivity contribution in [2.45, 2.75) is 261 Å². The fourth-order valence-electron chi connectivity index (χ4n) is 8.49. The molecule has 12 unspecified atom stereocenters. The summed E-state index contributed by atoms with van der Waals surface area (Å²) in [6.45, 7) is 2.73. The summed E-state index contributed by atoms with van der Waals surface area (Å²) in [6, 6.07) is -0.940. The number of carbonyl (C=O) groups is 1. The third-order valence-electron chi connectivity index (χ3n) is 12.9. The zero-order valence-corrected chi connectivity index (χ0v) is 42.5. The van der Waals surface area contributed by atoms with E-state index in [1.165, 1.54) is 89.9 Å². The third-order valence-corrected chi connectivity index (χ3v) is 12.9. The Labute approximate surface area is 416 Å². The van der Waals surface area contributed by atoms with Crippen LogP contribution in [0.5, 0.6) is 0 Å². The zero-order valence-electron chi connectivity index (χ0n) is 42.5. The number of hydrogen-bond donors (Lipinski definition) is 9. The molecule has 0 aromatic heterocycles. The Hall–Kier alpha value is -2.31. The van der Waals surface area contributed by atoms with Crippen LogP contribution in [0, 0.1) is 0 Å². The quantitative estimate of drug-likeness (QED) is 0.0211. The molecule has 2 heterocycles. The Balaban J connectivity index is 1.83. The Morgan fingerprint density at radius 1 is 0.522 bits per heavy atom. The summed E-state index contributed by atoms with van der Waals surface area (Å²) in [5.74, 6) is -0.265. The van der Waals surface area contributed by atoms with Gasteiger partial charge in [-0.2, -0.15) is 0 Å². The van der Waals surface area contributed by atoms with Gasteiger partial charge in [0.05, 0.1) is 32.0 Å². The average Bonchev–Trinajstić information content (AvgIpc) is 3.35. The monoisotopic (exact) mass is 980 g/mol. The van der Waals surface area contributed by atoms with Crippen molar-refractivity contribution in [1.29, 1.82) is 0 Å². The van der Waals surface area contributed by atoms with Crippen LogP contribution >= 0.6 is 0 Å². The van der Waals surface area contributed by atoms with Gasteiger partial charge in [0, 0.05) is 6.42 Å². The normalized spacial score (nSPS) is 26.6. The lowest BCUT2D eigenvalue weighted by atomic mass is 9.97. The highest BCUT2D eigenvalue weighted by molar-refractivity contribution is 5.76.